The molecule has 0 bridgehead atoms. The number of rotatable bonds is 37. The van der Waals surface area contributed by atoms with E-state index in [0.29, 0.717) is 12.8 Å². The Balaban J connectivity index is 2.13. The van der Waals surface area contributed by atoms with Crippen LogP contribution in [0, 0.1) is 0 Å². The van der Waals surface area contributed by atoms with Crippen LogP contribution in [0.4, 0.5) is 0 Å². The molecule has 0 radical (unpaired) electrons. The summed E-state index contributed by atoms with van der Waals surface area (Å²) >= 11 is 0. The third kappa shape index (κ3) is 31.4. The van der Waals surface area contributed by atoms with Gasteiger partial charge in [-0.05, 0) is 89.9 Å². The SMILES string of the molecule is CC/C=C\C/C=C\C/C=C\C/C=C\C/C=C\C/C=C\C/C=C\C/C=C\C/C=C\C/C=C\CCCCCCC(=O)NC(COC1OC(CO)C(O)C(O)C1O)C(O)CCCCCC. The first kappa shape index (κ1) is 56.6. The minimum absolute atomic E-state index is 0.161. The van der Waals surface area contributed by atoms with E-state index in [4.69, 9.17) is 9.47 Å². The standard InChI is InChI=1S/C53H85NO8/c1-3-5-7-9-10-11-12-13-14-15-16-17-18-19-20-21-22-23-24-25-26-27-28-29-30-31-32-33-34-35-36-37-38-39-41-43-49(57)54-46(47(56)42-40-8-6-4-2)45-61-53-52(60)51(59)50(58)48(44-55)62-53/h5,7,10-11,13-14,16-17,19-20,22-23,25-26,28-29,31-32,34-35,46-48,50-53,55-56,58-60H,3-4,6,8-9,12,15,18,21,24,27,30,33,36-45H2,1-2H3,(H,54,57)/b7-5-,11-10-,14-13-,17-16-,20-19-,23-22-,26-25-,29-28-,32-31-,35-34-. The zero-order chi connectivity index (χ0) is 45.1. The van der Waals surface area contributed by atoms with Gasteiger partial charge in [-0.15, -0.1) is 0 Å². The molecule has 0 aromatic rings. The van der Waals surface area contributed by atoms with Crippen molar-refractivity contribution in [3.8, 4) is 0 Å². The lowest BCUT2D eigenvalue weighted by molar-refractivity contribution is -0.302. The van der Waals surface area contributed by atoms with Gasteiger partial charge in [-0.3, -0.25) is 4.79 Å². The number of hydrogen-bond acceptors (Lipinski definition) is 8. The van der Waals surface area contributed by atoms with Crippen molar-refractivity contribution in [2.75, 3.05) is 13.2 Å². The Morgan fingerprint density at radius 3 is 1.45 bits per heavy atom. The normalized spacial score (nSPS) is 21.4. The summed E-state index contributed by atoms with van der Waals surface area (Å²) in [6.45, 7) is 3.54. The van der Waals surface area contributed by atoms with E-state index in [9.17, 15) is 30.3 Å². The van der Waals surface area contributed by atoms with E-state index >= 15 is 0 Å². The highest BCUT2D eigenvalue weighted by Crippen LogP contribution is 2.23. The van der Waals surface area contributed by atoms with E-state index in [-0.39, 0.29) is 12.5 Å². The number of aliphatic hydroxyl groups excluding tert-OH is 5. The maximum absolute atomic E-state index is 12.8. The van der Waals surface area contributed by atoms with Crippen molar-refractivity contribution in [1.29, 1.82) is 0 Å². The number of unbranched alkanes of at least 4 members (excludes halogenated alkanes) is 7. The van der Waals surface area contributed by atoms with Gasteiger partial charge in [0, 0.05) is 6.42 Å². The highest BCUT2D eigenvalue weighted by atomic mass is 16.7. The van der Waals surface area contributed by atoms with Crippen LogP contribution in [0.1, 0.15) is 149 Å². The van der Waals surface area contributed by atoms with Crippen molar-refractivity contribution >= 4 is 5.91 Å². The summed E-state index contributed by atoms with van der Waals surface area (Å²) in [4.78, 5) is 12.8. The van der Waals surface area contributed by atoms with Crippen LogP contribution in [0.5, 0.6) is 0 Å². The Labute approximate surface area is 376 Å². The van der Waals surface area contributed by atoms with Gasteiger partial charge in [0.25, 0.3) is 0 Å². The maximum atomic E-state index is 12.8. The summed E-state index contributed by atoms with van der Waals surface area (Å²) in [5, 5.41) is 53.7. The number of amides is 1. The lowest BCUT2D eigenvalue weighted by Crippen LogP contribution is -2.60. The molecule has 62 heavy (non-hydrogen) atoms. The van der Waals surface area contributed by atoms with E-state index in [1.54, 1.807) is 0 Å². The van der Waals surface area contributed by atoms with Crippen LogP contribution in [-0.4, -0.2) is 87.5 Å². The maximum Gasteiger partial charge on any atom is 0.220 e. The predicted octanol–water partition coefficient (Wildman–Crippen LogP) is 10.4. The second-order valence-corrected chi connectivity index (χ2v) is 15.8. The third-order valence-electron chi connectivity index (χ3n) is 10.3. The van der Waals surface area contributed by atoms with Gasteiger partial charge in [-0.1, -0.05) is 174 Å². The van der Waals surface area contributed by atoms with Crippen molar-refractivity contribution in [3.05, 3.63) is 122 Å². The molecule has 350 valence electrons. The average Bonchev–Trinajstić information content (AvgIpc) is 3.27. The smallest absolute Gasteiger partial charge is 0.220 e. The number of ether oxygens (including phenoxy) is 2. The van der Waals surface area contributed by atoms with Crippen LogP contribution in [0.15, 0.2) is 122 Å². The van der Waals surface area contributed by atoms with Crippen LogP contribution < -0.4 is 5.32 Å². The molecule has 1 aliphatic rings. The first-order valence-electron chi connectivity index (χ1n) is 23.7. The van der Waals surface area contributed by atoms with E-state index in [0.717, 1.165) is 122 Å². The summed E-state index contributed by atoms with van der Waals surface area (Å²) < 4.78 is 11.1. The molecule has 1 heterocycles. The van der Waals surface area contributed by atoms with Gasteiger partial charge in [0.15, 0.2) is 6.29 Å². The largest absolute Gasteiger partial charge is 0.394 e. The fourth-order valence-corrected chi connectivity index (χ4v) is 6.54. The second kappa shape index (κ2) is 41.6. The predicted molar refractivity (Wildman–Crippen MR) is 257 cm³/mol. The van der Waals surface area contributed by atoms with Crippen molar-refractivity contribution in [3.63, 3.8) is 0 Å². The van der Waals surface area contributed by atoms with Crippen molar-refractivity contribution in [1.82, 2.24) is 5.32 Å². The molecule has 0 aromatic heterocycles. The van der Waals surface area contributed by atoms with Gasteiger partial charge in [0.05, 0.1) is 25.4 Å². The van der Waals surface area contributed by atoms with Crippen molar-refractivity contribution < 1.29 is 39.8 Å². The molecule has 1 aliphatic heterocycles. The van der Waals surface area contributed by atoms with Gasteiger partial charge >= 0.3 is 0 Å². The number of hydrogen-bond donors (Lipinski definition) is 6. The van der Waals surface area contributed by atoms with Crippen LogP contribution >= 0.6 is 0 Å². The Hall–Kier alpha value is -3.41. The van der Waals surface area contributed by atoms with E-state index in [2.05, 4.69) is 141 Å². The number of carbonyl (C=O) groups is 1. The van der Waals surface area contributed by atoms with Gasteiger partial charge in [-0.2, -0.15) is 0 Å². The molecule has 6 N–H and O–H groups in total. The highest BCUT2D eigenvalue weighted by Gasteiger charge is 2.44. The van der Waals surface area contributed by atoms with Crippen LogP contribution in [0.3, 0.4) is 0 Å². The van der Waals surface area contributed by atoms with Gasteiger partial charge in [-0.25, -0.2) is 0 Å². The summed E-state index contributed by atoms with van der Waals surface area (Å²) in [7, 11) is 0. The number of carbonyl (C=O) groups excluding carboxylic acids is 1. The molecule has 1 fully saturated rings. The second-order valence-electron chi connectivity index (χ2n) is 15.8. The Morgan fingerprint density at radius 2 is 1.00 bits per heavy atom. The zero-order valence-corrected chi connectivity index (χ0v) is 38.3. The number of aliphatic hydroxyl groups is 5. The fraction of sp³-hybridized carbons (Fsp3) is 0.604. The van der Waals surface area contributed by atoms with Gasteiger partial charge in [0.2, 0.25) is 5.91 Å². The summed E-state index contributed by atoms with van der Waals surface area (Å²) in [5.74, 6) is -0.185. The van der Waals surface area contributed by atoms with Crippen LogP contribution in [0.2, 0.25) is 0 Å². The molecule has 7 unspecified atom stereocenters. The molecule has 7 atom stereocenters. The Kier molecular flexibility index (Phi) is 38.0. The lowest BCUT2D eigenvalue weighted by atomic mass is 9.99. The van der Waals surface area contributed by atoms with E-state index < -0.39 is 49.5 Å². The first-order valence-corrected chi connectivity index (χ1v) is 23.7. The molecule has 0 aromatic carbocycles. The molecule has 0 saturated carbocycles. The summed E-state index contributed by atoms with van der Waals surface area (Å²) in [6, 6.07) is -0.737. The highest BCUT2D eigenvalue weighted by molar-refractivity contribution is 5.76. The summed E-state index contributed by atoms with van der Waals surface area (Å²) in [5.41, 5.74) is 0. The van der Waals surface area contributed by atoms with Crippen LogP contribution in [-0.2, 0) is 14.3 Å². The molecule has 0 aliphatic carbocycles. The molecule has 1 saturated heterocycles. The minimum Gasteiger partial charge on any atom is -0.394 e. The van der Waals surface area contributed by atoms with Gasteiger partial charge in [0.1, 0.15) is 24.4 Å². The first-order chi connectivity index (χ1) is 30.3. The number of allylic oxidation sites excluding steroid dienone is 20. The van der Waals surface area contributed by atoms with E-state index in [1.165, 1.54) is 0 Å². The molecule has 1 amide bonds. The van der Waals surface area contributed by atoms with Gasteiger partial charge < -0.3 is 40.3 Å². The summed E-state index contributed by atoms with van der Waals surface area (Å²) in [6.07, 6.45) is 55.7. The zero-order valence-electron chi connectivity index (χ0n) is 38.3. The Morgan fingerprint density at radius 1 is 0.565 bits per heavy atom. The van der Waals surface area contributed by atoms with Crippen LogP contribution in [0.25, 0.3) is 0 Å². The molecule has 9 heteroatoms. The molecule has 9 nitrogen and oxygen atoms in total. The Bertz CT molecular complexity index is 1370. The average molecular weight is 864 g/mol. The topological polar surface area (TPSA) is 149 Å². The molecule has 0 spiro atoms. The fourth-order valence-electron chi connectivity index (χ4n) is 6.54. The monoisotopic (exact) mass is 864 g/mol. The minimum atomic E-state index is -1.56. The molecule has 1 rings (SSSR count). The van der Waals surface area contributed by atoms with Crippen molar-refractivity contribution in [2.45, 2.75) is 192 Å². The third-order valence-corrected chi connectivity index (χ3v) is 10.3. The van der Waals surface area contributed by atoms with E-state index in [1.807, 2.05) is 0 Å². The number of nitrogens with one attached hydrogen (secondary N) is 1. The quantitative estimate of drug-likeness (QED) is 0.0267. The van der Waals surface area contributed by atoms with Crippen molar-refractivity contribution in [2.24, 2.45) is 0 Å². The molecular weight excluding hydrogens is 779 g/mol. The molecular formula is C53H85NO8. The lowest BCUT2D eigenvalue weighted by Gasteiger charge is -2.40.